The SMILES string of the molecule is O=C(C[C@@H]1CCS(=O)(=O)C1)NNS(=O)(=O)c1ccc(Cl)cc1F. The van der Waals surface area contributed by atoms with E-state index in [1.807, 2.05) is 5.43 Å². The summed E-state index contributed by atoms with van der Waals surface area (Å²) in [4.78, 5) is 12.8. The highest BCUT2D eigenvalue weighted by atomic mass is 35.5. The van der Waals surface area contributed by atoms with E-state index in [9.17, 15) is 26.0 Å². The second-order valence-corrected chi connectivity index (χ2v) is 9.52. The molecule has 1 aromatic carbocycles. The summed E-state index contributed by atoms with van der Waals surface area (Å²) >= 11 is 5.54. The predicted octanol–water partition coefficient (Wildman–Crippen LogP) is 0.613. The molecule has 11 heteroatoms. The van der Waals surface area contributed by atoms with Gasteiger partial charge in [-0.25, -0.2) is 21.2 Å². The molecule has 2 rings (SSSR count). The summed E-state index contributed by atoms with van der Waals surface area (Å²) in [7, 11) is -7.41. The number of sulfone groups is 1. The quantitative estimate of drug-likeness (QED) is 0.723. The lowest BCUT2D eigenvalue weighted by Gasteiger charge is -2.11. The Morgan fingerprint density at radius 1 is 1.39 bits per heavy atom. The summed E-state index contributed by atoms with van der Waals surface area (Å²) in [5.41, 5.74) is 1.95. The number of sulfonamides is 1. The van der Waals surface area contributed by atoms with Crippen LogP contribution >= 0.6 is 11.6 Å². The minimum Gasteiger partial charge on any atom is -0.278 e. The number of amides is 1. The van der Waals surface area contributed by atoms with E-state index in [4.69, 9.17) is 11.6 Å². The van der Waals surface area contributed by atoms with Gasteiger partial charge < -0.3 is 0 Å². The highest BCUT2D eigenvalue weighted by molar-refractivity contribution is 7.91. The molecular weight excluding hydrogens is 371 g/mol. The molecule has 0 unspecified atom stereocenters. The number of benzene rings is 1. The van der Waals surface area contributed by atoms with Crippen molar-refractivity contribution in [3.05, 3.63) is 29.0 Å². The first-order valence-corrected chi connectivity index (χ1v) is 10.2. The van der Waals surface area contributed by atoms with Crippen LogP contribution in [0.5, 0.6) is 0 Å². The van der Waals surface area contributed by atoms with Gasteiger partial charge in [0.05, 0.1) is 11.5 Å². The van der Waals surface area contributed by atoms with Gasteiger partial charge in [0.25, 0.3) is 10.0 Å². The lowest BCUT2D eigenvalue weighted by atomic mass is 10.1. The smallest absolute Gasteiger partial charge is 0.260 e. The summed E-state index contributed by atoms with van der Waals surface area (Å²) in [5, 5.41) is 0.0351. The Balaban J connectivity index is 1.95. The van der Waals surface area contributed by atoms with Crippen LogP contribution in [0.15, 0.2) is 23.1 Å². The van der Waals surface area contributed by atoms with Gasteiger partial charge in [-0.05, 0) is 30.5 Å². The number of rotatable bonds is 5. The molecule has 1 aliphatic rings. The average molecular weight is 385 g/mol. The van der Waals surface area contributed by atoms with Crippen LogP contribution in [0.2, 0.25) is 5.02 Å². The molecule has 1 heterocycles. The molecule has 0 aliphatic carbocycles. The molecule has 1 saturated heterocycles. The van der Waals surface area contributed by atoms with Crippen molar-refractivity contribution in [2.75, 3.05) is 11.5 Å². The molecule has 1 aliphatic heterocycles. The van der Waals surface area contributed by atoms with Crippen LogP contribution in [0.1, 0.15) is 12.8 Å². The first-order valence-electron chi connectivity index (χ1n) is 6.55. The van der Waals surface area contributed by atoms with E-state index < -0.39 is 36.5 Å². The third-order valence-corrected chi connectivity index (χ3v) is 6.66. The summed E-state index contributed by atoms with van der Waals surface area (Å²) < 4.78 is 60.0. The first-order chi connectivity index (χ1) is 10.6. The number of hydrazine groups is 1. The van der Waals surface area contributed by atoms with E-state index in [0.29, 0.717) is 6.42 Å². The number of hydrogen-bond donors (Lipinski definition) is 2. The Morgan fingerprint density at radius 3 is 2.65 bits per heavy atom. The summed E-state index contributed by atoms with van der Waals surface area (Å²) in [6.07, 6.45) is 0.221. The van der Waals surface area contributed by atoms with Crippen molar-refractivity contribution >= 4 is 37.4 Å². The Kier molecular flexibility index (Phi) is 5.29. The van der Waals surface area contributed by atoms with Crippen molar-refractivity contribution < 1.29 is 26.0 Å². The Morgan fingerprint density at radius 2 is 2.09 bits per heavy atom. The van der Waals surface area contributed by atoms with E-state index in [1.54, 1.807) is 4.83 Å². The number of carbonyl (C=O) groups excluding carboxylic acids is 1. The van der Waals surface area contributed by atoms with Gasteiger partial charge in [0.2, 0.25) is 5.91 Å². The van der Waals surface area contributed by atoms with Crippen LogP contribution in [-0.4, -0.2) is 34.2 Å². The molecule has 1 amide bonds. The minimum atomic E-state index is -4.29. The molecule has 0 spiro atoms. The van der Waals surface area contributed by atoms with Crippen LogP contribution in [0.3, 0.4) is 0 Å². The number of hydrogen-bond acceptors (Lipinski definition) is 5. The van der Waals surface area contributed by atoms with Gasteiger partial charge in [0, 0.05) is 11.4 Å². The zero-order chi connectivity index (χ0) is 17.3. The van der Waals surface area contributed by atoms with E-state index in [0.717, 1.165) is 12.1 Å². The second kappa shape index (κ2) is 6.71. The zero-order valence-electron chi connectivity index (χ0n) is 11.8. The molecular formula is C12H14ClFN2O5S2. The molecule has 1 atom stereocenters. The molecule has 128 valence electrons. The molecule has 0 radical (unpaired) electrons. The van der Waals surface area contributed by atoms with Gasteiger partial charge in [-0.3, -0.25) is 10.2 Å². The maximum atomic E-state index is 13.6. The molecule has 0 saturated carbocycles. The van der Waals surface area contributed by atoms with Gasteiger partial charge >= 0.3 is 0 Å². The van der Waals surface area contributed by atoms with E-state index >= 15 is 0 Å². The van der Waals surface area contributed by atoms with Crippen LogP contribution in [0, 0.1) is 11.7 Å². The van der Waals surface area contributed by atoms with E-state index in [1.165, 1.54) is 6.07 Å². The fraction of sp³-hybridized carbons (Fsp3) is 0.417. The minimum absolute atomic E-state index is 0.0205. The van der Waals surface area contributed by atoms with Crippen LogP contribution in [0.25, 0.3) is 0 Å². The largest absolute Gasteiger partial charge is 0.278 e. The lowest BCUT2D eigenvalue weighted by molar-refractivity contribution is -0.122. The highest BCUT2D eigenvalue weighted by Gasteiger charge is 2.29. The zero-order valence-corrected chi connectivity index (χ0v) is 14.1. The Bertz CT molecular complexity index is 826. The van der Waals surface area contributed by atoms with Crippen molar-refractivity contribution in [3.8, 4) is 0 Å². The Labute approximate surface area is 138 Å². The van der Waals surface area contributed by atoms with E-state index in [-0.39, 0.29) is 28.9 Å². The number of nitrogens with one attached hydrogen (secondary N) is 2. The second-order valence-electron chi connectivity index (χ2n) is 5.20. The fourth-order valence-corrected chi connectivity index (χ4v) is 5.16. The summed E-state index contributed by atoms with van der Waals surface area (Å²) in [6, 6.07) is 3.00. The maximum Gasteiger partial charge on any atom is 0.260 e. The molecule has 1 fully saturated rings. The monoisotopic (exact) mass is 384 g/mol. The van der Waals surface area contributed by atoms with Gasteiger partial charge in [0.15, 0.2) is 9.84 Å². The van der Waals surface area contributed by atoms with Gasteiger partial charge in [-0.2, -0.15) is 0 Å². The van der Waals surface area contributed by atoms with Gasteiger partial charge in [-0.15, -0.1) is 4.83 Å². The topological polar surface area (TPSA) is 109 Å². The van der Waals surface area contributed by atoms with Gasteiger partial charge in [-0.1, -0.05) is 11.6 Å². The maximum absolute atomic E-state index is 13.6. The third kappa shape index (κ3) is 4.87. The van der Waals surface area contributed by atoms with Crippen molar-refractivity contribution in [2.24, 2.45) is 5.92 Å². The van der Waals surface area contributed by atoms with Crippen molar-refractivity contribution in [1.82, 2.24) is 10.3 Å². The Hall–Kier alpha value is -1.23. The van der Waals surface area contributed by atoms with Crippen LogP contribution < -0.4 is 10.3 Å². The molecule has 0 aromatic heterocycles. The number of carbonyl (C=O) groups is 1. The summed E-state index contributed by atoms with van der Waals surface area (Å²) in [6.45, 7) is 0. The van der Waals surface area contributed by atoms with Crippen LogP contribution in [-0.2, 0) is 24.7 Å². The lowest BCUT2D eigenvalue weighted by Crippen LogP contribution is -2.42. The summed E-state index contributed by atoms with van der Waals surface area (Å²) in [5.74, 6) is -2.17. The van der Waals surface area contributed by atoms with Crippen LogP contribution in [0.4, 0.5) is 4.39 Å². The van der Waals surface area contributed by atoms with E-state index in [2.05, 4.69) is 0 Å². The van der Waals surface area contributed by atoms with Crippen molar-refractivity contribution in [2.45, 2.75) is 17.7 Å². The van der Waals surface area contributed by atoms with Crippen molar-refractivity contribution in [1.29, 1.82) is 0 Å². The van der Waals surface area contributed by atoms with Crippen molar-refractivity contribution in [3.63, 3.8) is 0 Å². The molecule has 2 N–H and O–H groups in total. The van der Waals surface area contributed by atoms with Gasteiger partial charge in [0.1, 0.15) is 10.7 Å². The molecule has 1 aromatic rings. The molecule has 0 bridgehead atoms. The molecule has 23 heavy (non-hydrogen) atoms. The predicted molar refractivity (Wildman–Crippen MR) is 81.3 cm³/mol. The average Bonchev–Trinajstić information content (AvgIpc) is 2.75. The molecule has 7 nitrogen and oxygen atoms in total. The first kappa shape index (κ1) is 18.1. The highest BCUT2D eigenvalue weighted by Crippen LogP contribution is 2.21. The normalized spacial score (nSPS) is 20.3. The standard InChI is InChI=1S/C12H14ClFN2O5S2/c13-9-1-2-11(10(14)6-9)23(20,21)16-15-12(17)5-8-3-4-22(18,19)7-8/h1-2,6,8,16H,3-5,7H2,(H,15,17)/t8-/m0/s1. The third-order valence-electron chi connectivity index (χ3n) is 3.31. The number of halogens is 2. The fourth-order valence-electron chi connectivity index (χ4n) is 2.22.